The lowest BCUT2D eigenvalue weighted by Gasteiger charge is -2.31. The average Bonchev–Trinajstić information content (AvgIpc) is 3.54. The van der Waals surface area contributed by atoms with Crippen molar-refractivity contribution in [3.63, 3.8) is 0 Å². The van der Waals surface area contributed by atoms with Crippen LogP contribution in [0.2, 0.25) is 0 Å². The Balaban J connectivity index is 1.32. The molecule has 4 N–H and O–H groups in total. The van der Waals surface area contributed by atoms with Crippen LogP contribution in [0.5, 0.6) is 17.2 Å². The normalized spacial score (nSPS) is 18.5. The van der Waals surface area contributed by atoms with Crippen molar-refractivity contribution in [2.75, 3.05) is 27.4 Å². The third-order valence-electron chi connectivity index (χ3n) is 9.29. The largest absolute Gasteiger partial charge is 0.494 e. The van der Waals surface area contributed by atoms with E-state index in [4.69, 9.17) is 19.9 Å². The van der Waals surface area contributed by atoms with Crippen molar-refractivity contribution < 1.29 is 50.9 Å². The number of carbonyl (C=O) groups excluding carboxylic acids is 2. The quantitative estimate of drug-likeness (QED) is 0.176. The van der Waals surface area contributed by atoms with Gasteiger partial charge in [-0.25, -0.2) is 9.67 Å². The van der Waals surface area contributed by atoms with Crippen molar-refractivity contribution in [3.05, 3.63) is 59.5 Å². The van der Waals surface area contributed by atoms with Gasteiger partial charge in [-0.3, -0.25) is 14.3 Å². The SMILES string of the molecule is COc1cc(-c2nc(C(O)(CNC(=O)c3cc(OC)c4nn(C5CC5)cc4c3)C(F)(F)F)cc3c2OC[C@]3(C)C(N)=O)cc2cn(C(F)F)nc12. The van der Waals surface area contributed by atoms with Crippen molar-refractivity contribution in [3.8, 4) is 28.5 Å². The molecule has 51 heavy (non-hydrogen) atoms. The molecule has 0 bridgehead atoms. The number of nitrogens with two attached hydrogens (primary N) is 1. The summed E-state index contributed by atoms with van der Waals surface area (Å²) in [7, 11) is 2.61. The second-order valence-electron chi connectivity index (χ2n) is 12.7. The molecule has 2 aliphatic rings. The Morgan fingerprint density at radius 2 is 1.73 bits per heavy atom. The molecule has 2 amide bonds. The molecule has 0 saturated heterocycles. The molecular formula is C33H30F5N7O6. The van der Waals surface area contributed by atoms with Crippen molar-refractivity contribution in [2.24, 2.45) is 5.73 Å². The number of hydrogen-bond acceptors (Lipinski definition) is 9. The highest BCUT2D eigenvalue weighted by molar-refractivity contribution is 6.00. The third kappa shape index (κ3) is 5.53. The van der Waals surface area contributed by atoms with Crippen LogP contribution in [0.1, 0.15) is 54.0 Å². The topological polar surface area (TPSA) is 169 Å². The van der Waals surface area contributed by atoms with Gasteiger partial charge in [0.25, 0.3) is 5.91 Å². The number of halogens is 5. The van der Waals surface area contributed by atoms with E-state index in [1.165, 1.54) is 45.4 Å². The summed E-state index contributed by atoms with van der Waals surface area (Å²) in [6, 6.07) is 6.48. The van der Waals surface area contributed by atoms with Gasteiger partial charge in [0, 0.05) is 39.9 Å². The van der Waals surface area contributed by atoms with Crippen LogP contribution < -0.4 is 25.3 Å². The van der Waals surface area contributed by atoms with Gasteiger partial charge in [-0.2, -0.15) is 32.1 Å². The lowest BCUT2D eigenvalue weighted by Crippen LogP contribution is -2.51. The van der Waals surface area contributed by atoms with E-state index >= 15 is 0 Å². The van der Waals surface area contributed by atoms with Crippen molar-refractivity contribution in [1.29, 1.82) is 0 Å². The molecule has 5 aromatic rings. The number of aromatic nitrogens is 5. The van der Waals surface area contributed by atoms with Gasteiger partial charge in [-0.15, -0.1) is 0 Å². The van der Waals surface area contributed by atoms with Crippen LogP contribution in [0.15, 0.2) is 42.7 Å². The molecule has 268 valence electrons. The van der Waals surface area contributed by atoms with E-state index < -0.39 is 47.8 Å². The summed E-state index contributed by atoms with van der Waals surface area (Å²) in [5, 5.41) is 22.6. The maximum atomic E-state index is 15.0. The second kappa shape index (κ2) is 11.8. The molecule has 2 atom stereocenters. The molecule has 0 radical (unpaired) electrons. The minimum Gasteiger partial charge on any atom is -0.494 e. The zero-order valence-corrected chi connectivity index (χ0v) is 27.2. The predicted molar refractivity (Wildman–Crippen MR) is 170 cm³/mol. The summed E-state index contributed by atoms with van der Waals surface area (Å²) < 4.78 is 90.6. The molecular weight excluding hydrogens is 685 g/mol. The maximum Gasteiger partial charge on any atom is 0.424 e. The number of fused-ring (bicyclic) bond motifs is 3. The first-order valence-electron chi connectivity index (χ1n) is 15.6. The van der Waals surface area contributed by atoms with Crippen molar-refractivity contribution >= 4 is 33.6 Å². The maximum absolute atomic E-state index is 15.0. The molecule has 18 heteroatoms. The highest BCUT2D eigenvalue weighted by Crippen LogP contribution is 2.49. The predicted octanol–water partition coefficient (Wildman–Crippen LogP) is 4.51. The van der Waals surface area contributed by atoms with Crippen molar-refractivity contribution in [2.45, 2.75) is 49.5 Å². The standard InChI is InChI=1S/C33H30F5N7O6/c1-31(29(39)47)14-51-27-20(31)10-23(41-26(27)15-6-17-12-45(30(34)35)43-25(17)21(8-15)49-2)32(48,33(36,37)38)13-40-28(46)16-7-18-11-44(19-4-5-19)42-24(18)22(9-16)50-3/h6-12,19,30,48H,4-5,13-14H2,1-3H3,(H2,39,47)(H,40,46)/t31-,32?/m0/s1. The fourth-order valence-corrected chi connectivity index (χ4v) is 6.09. The van der Waals surface area contributed by atoms with Crippen molar-refractivity contribution in [1.82, 2.24) is 29.9 Å². The minimum atomic E-state index is -5.44. The van der Waals surface area contributed by atoms with Crippen LogP contribution in [0, 0.1) is 0 Å². The third-order valence-corrected chi connectivity index (χ3v) is 9.29. The lowest BCUT2D eigenvalue weighted by molar-refractivity contribution is -0.265. The number of nitrogens with zero attached hydrogens (tertiary/aromatic N) is 5. The van der Waals surface area contributed by atoms with E-state index in [1.54, 1.807) is 10.9 Å². The summed E-state index contributed by atoms with van der Waals surface area (Å²) >= 11 is 0. The Labute approximate surface area is 285 Å². The summed E-state index contributed by atoms with van der Waals surface area (Å²) in [4.78, 5) is 30.2. The molecule has 1 aliphatic carbocycles. The van der Waals surface area contributed by atoms with Crippen LogP contribution in [0.3, 0.4) is 0 Å². The zero-order valence-electron chi connectivity index (χ0n) is 27.2. The number of ether oxygens (including phenoxy) is 3. The molecule has 7 rings (SSSR count). The number of hydrogen-bond donors (Lipinski definition) is 3. The molecule has 1 fully saturated rings. The van der Waals surface area contributed by atoms with E-state index in [-0.39, 0.29) is 63.2 Å². The van der Waals surface area contributed by atoms with E-state index in [0.29, 0.717) is 15.6 Å². The van der Waals surface area contributed by atoms with E-state index in [9.17, 15) is 36.6 Å². The van der Waals surface area contributed by atoms with Gasteiger partial charge >= 0.3 is 12.7 Å². The number of carbonyl (C=O) groups is 2. The molecule has 1 saturated carbocycles. The first kappa shape index (κ1) is 34.0. The zero-order chi connectivity index (χ0) is 36.6. The smallest absolute Gasteiger partial charge is 0.424 e. The minimum absolute atomic E-state index is 0.0214. The van der Waals surface area contributed by atoms with Gasteiger partial charge in [0.05, 0.1) is 32.5 Å². The number of primary amides is 1. The summed E-state index contributed by atoms with van der Waals surface area (Å²) in [6.07, 6.45) is -0.830. The van der Waals surface area contributed by atoms with E-state index in [0.717, 1.165) is 25.1 Å². The molecule has 2 aromatic carbocycles. The number of rotatable bonds is 10. The molecule has 4 heterocycles. The van der Waals surface area contributed by atoms with Crippen LogP contribution in [-0.2, 0) is 15.8 Å². The summed E-state index contributed by atoms with van der Waals surface area (Å²) in [5.41, 5.74) is -0.732. The number of pyridine rings is 1. The van der Waals surface area contributed by atoms with Gasteiger partial charge in [0.15, 0.2) is 0 Å². The average molecular weight is 716 g/mol. The molecule has 0 spiro atoms. The molecule has 13 nitrogen and oxygen atoms in total. The summed E-state index contributed by atoms with van der Waals surface area (Å²) in [6.45, 7) is -3.42. The van der Waals surface area contributed by atoms with Crippen LogP contribution in [0.4, 0.5) is 22.0 Å². The Hall–Kier alpha value is -5.52. The number of nitrogens with one attached hydrogen (secondary N) is 1. The first-order valence-corrected chi connectivity index (χ1v) is 15.6. The number of methoxy groups -OCH3 is 2. The lowest BCUT2D eigenvalue weighted by atomic mass is 9.81. The highest BCUT2D eigenvalue weighted by Gasteiger charge is 2.58. The Kier molecular flexibility index (Phi) is 7.84. The van der Waals surface area contributed by atoms with Crippen LogP contribution in [0.25, 0.3) is 33.1 Å². The highest BCUT2D eigenvalue weighted by atomic mass is 19.4. The van der Waals surface area contributed by atoms with Gasteiger partial charge < -0.3 is 30.4 Å². The van der Waals surface area contributed by atoms with Gasteiger partial charge in [0.1, 0.15) is 46.0 Å². The van der Waals surface area contributed by atoms with Gasteiger partial charge in [-0.1, -0.05) is 0 Å². The number of benzene rings is 2. The van der Waals surface area contributed by atoms with Gasteiger partial charge in [0.2, 0.25) is 11.5 Å². The number of alkyl halides is 5. The Morgan fingerprint density at radius 1 is 1.06 bits per heavy atom. The van der Waals surface area contributed by atoms with E-state index in [1.807, 2.05) is 0 Å². The van der Waals surface area contributed by atoms with Crippen LogP contribution >= 0.6 is 0 Å². The number of amides is 2. The summed E-state index contributed by atoms with van der Waals surface area (Å²) in [5.74, 6) is -1.82. The monoisotopic (exact) mass is 715 g/mol. The second-order valence-corrected chi connectivity index (χ2v) is 12.7. The first-order chi connectivity index (χ1) is 24.1. The Morgan fingerprint density at radius 3 is 2.35 bits per heavy atom. The van der Waals surface area contributed by atoms with Crippen LogP contribution in [-0.4, -0.2) is 75.0 Å². The Bertz CT molecular complexity index is 2230. The van der Waals surface area contributed by atoms with Gasteiger partial charge in [-0.05, 0) is 50.1 Å². The number of aliphatic hydroxyl groups is 1. The molecule has 1 aliphatic heterocycles. The molecule has 1 unspecified atom stereocenters. The van der Waals surface area contributed by atoms with E-state index in [2.05, 4.69) is 20.5 Å². The molecule has 3 aromatic heterocycles. The fourth-order valence-electron chi connectivity index (χ4n) is 6.09. The fraction of sp³-hybridized carbons (Fsp3) is 0.364.